The first-order valence-corrected chi connectivity index (χ1v) is 9.26. The second kappa shape index (κ2) is 9.08. The van der Waals surface area contributed by atoms with E-state index in [9.17, 15) is 0 Å². The lowest BCUT2D eigenvalue weighted by Gasteiger charge is -2.12. The average molecular weight is 394 g/mol. The average Bonchev–Trinajstić information content (AvgIpc) is 2.52. The molecule has 0 spiro atoms. The molecule has 0 unspecified atom stereocenters. The number of hydrogen-bond acceptors (Lipinski definition) is 1. The largest absolute Gasteiger partial charge is 0.457 e. The number of aryl methyl sites for hydroxylation is 2. The van der Waals surface area contributed by atoms with Gasteiger partial charge in [-0.2, -0.15) is 0 Å². The molecule has 0 aliphatic heterocycles. The van der Waals surface area contributed by atoms with Crippen molar-refractivity contribution >= 4 is 22.6 Å². The van der Waals surface area contributed by atoms with Crippen molar-refractivity contribution in [3.63, 3.8) is 0 Å². The lowest BCUT2D eigenvalue weighted by molar-refractivity contribution is 0.474. The maximum absolute atomic E-state index is 6.13. The molecule has 0 bridgehead atoms. The number of unbranched alkanes of at least 4 members (excludes halogenated alkanes) is 1. The molecule has 0 saturated carbocycles. The van der Waals surface area contributed by atoms with Gasteiger partial charge in [-0.25, -0.2) is 0 Å². The van der Waals surface area contributed by atoms with Gasteiger partial charge < -0.3 is 4.74 Å². The van der Waals surface area contributed by atoms with Crippen LogP contribution >= 0.6 is 22.6 Å². The maximum atomic E-state index is 6.13. The van der Waals surface area contributed by atoms with Gasteiger partial charge in [0.2, 0.25) is 0 Å². The molecular formula is C19H23IO. The Morgan fingerprint density at radius 1 is 0.952 bits per heavy atom. The van der Waals surface area contributed by atoms with Crippen LogP contribution in [0.3, 0.4) is 0 Å². The molecule has 0 N–H and O–H groups in total. The van der Waals surface area contributed by atoms with Crippen LogP contribution < -0.4 is 4.74 Å². The minimum atomic E-state index is 0.949. The molecule has 21 heavy (non-hydrogen) atoms. The molecule has 0 aliphatic carbocycles. The monoisotopic (exact) mass is 394 g/mol. The van der Waals surface area contributed by atoms with E-state index < -0.39 is 0 Å². The highest BCUT2D eigenvalue weighted by molar-refractivity contribution is 14.1. The lowest BCUT2D eigenvalue weighted by Crippen LogP contribution is -1.93. The zero-order valence-electron chi connectivity index (χ0n) is 12.6. The van der Waals surface area contributed by atoms with Gasteiger partial charge in [0.1, 0.15) is 11.5 Å². The standard InChI is InChI=1S/C19H23IO/c1-2-3-10-17-11-4-5-13-19(17)21-18-12-6-8-16(15-18)9-7-14-20/h4-6,8,11-13,15H,2-3,7,9-10,14H2,1H3. The van der Waals surface area contributed by atoms with E-state index in [1.54, 1.807) is 0 Å². The molecule has 2 heteroatoms. The molecule has 1 nitrogen and oxygen atoms in total. The number of benzene rings is 2. The third-order valence-electron chi connectivity index (χ3n) is 3.50. The summed E-state index contributed by atoms with van der Waals surface area (Å²) in [6, 6.07) is 16.9. The fraction of sp³-hybridized carbons (Fsp3) is 0.368. The number of halogens is 1. The minimum absolute atomic E-state index is 0.949. The summed E-state index contributed by atoms with van der Waals surface area (Å²) >= 11 is 2.43. The molecule has 0 heterocycles. The van der Waals surface area contributed by atoms with Crippen LogP contribution in [0.15, 0.2) is 48.5 Å². The van der Waals surface area contributed by atoms with Crippen LogP contribution in [0.25, 0.3) is 0 Å². The van der Waals surface area contributed by atoms with Crippen molar-refractivity contribution in [1.29, 1.82) is 0 Å². The van der Waals surface area contributed by atoms with Crippen molar-refractivity contribution in [2.24, 2.45) is 0 Å². The van der Waals surface area contributed by atoms with E-state index >= 15 is 0 Å². The first kappa shape index (κ1) is 16.3. The van der Waals surface area contributed by atoms with E-state index in [0.717, 1.165) is 24.3 Å². The highest BCUT2D eigenvalue weighted by Gasteiger charge is 2.04. The molecule has 2 aromatic rings. The van der Waals surface area contributed by atoms with Crippen LogP contribution in [-0.4, -0.2) is 4.43 Å². The molecule has 0 radical (unpaired) electrons. The van der Waals surface area contributed by atoms with Crippen molar-refractivity contribution in [1.82, 2.24) is 0 Å². The minimum Gasteiger partial charge on any atom is -0.457 e. The summed E-state index contributed by atoms with van der Waals surface area (Å²) < 4.78 is 7.32. The van der Waals surface area contributed by atoms with Gasteiger partial charge in [-0.05, 0) is 59.4 Å². The van der Waals surface area contributed by atoms with E-state index in [0.29, 0.717) is 0 Å². The summed E-state index contributed by atoms with van der Waals surface area (Å²) in [6.07, 6.45) is 5.84. The molecule has 0 aliphatic rings. The highest BCUT2D eigenvalue weighted by Crippen LogP contribution is 2.27. The smallest absolute Gasteiger partial charge is 0.130 e. The van der Waals surface area contributed by atoms with Crippen molar-refractivity contribution in [3.05, 3.63) is 59.7 Å². The number of para-hydroxylation sites is 1. The lowest BCUT2D eigenvalue weighted by atomic mass is 10.1. The topological polar surface area (TPSA) is 9.23 Å². The summed E-state index contributed by atoms with van der Waals surface area (Å²) in [4.78, 5) is 0. The van der Waals surface area contributed by atoms with Crippen LogP contribution in [0.1, 0.15) is 37.3 Å². The third kappa shape index (κ3) is 5.34. The van der Waals surface area contributed by atoms with Crippen LogP contribution in [0.5, 0.6) is 11.5 Å². The second-order valence-corrected chi connectivity index (χ2v) is 6.33. The van der Waals surface area contributed by atoms with Crippen LogP contribution in [0, 0.1) is 0 Å². The van der Waals surface area contributed by atoms with Gasteiger partial charge in [-0.3, -0.25) is 0 Å². The Balaban J connectivity index is 2.10. The second-order valence-electron chi connectivity index (χ2n) is 5.25. The summed E-state index contributed by atoms with van der Waals surface area (Å²) in [7, 11) is 0. The van der Waals surface area contributed by atoms with Gasteiger partial charge in [0.05, 0.1) is 0 Å². The van der Waals surface area contributed by atoms with E-state index in [1.807, 2.05) is 12.1 Å². The predicted octanol–water partition coefficient (Wildman–Crippen LogP) is 6.19. The molecule has 0 aromatic heterocycles. The van der Waals surface area contributed by atoms with E-state index in [4.69, 9.17) is 4.74 Å². The van der Waals surface area contributed by atoms with E-state index in [-0.39, 0.29) is 0 Å². The van der Waals surface area contributed by atoms with Crippen molar-refractivity contribution < 1.29 is 4.74 Å². The number of ether oxygens (including phenoxy) is 1. The van der Waals surface area contributed by atoms with Gasteiger partial charge in [0.25, 0.3) is 0 Å². The predicted molar refractivity (Wildman–Crippen MR) is 98.8 cm³/mol. The normalized spacial score (nSPS) is 10.6. The van der Waals surface area contributed by atoms with Crippen molar-refractivity contribution in [2.75, 3.05) is 4.43 Å². The van der Waals surface area contributed by atoms with E-state index in [1.165, 1.54) is 34.8 Å². The fourth-order valence-corrected chi connectivity index (χ4v) is 2.72. The van der Waals surface area contributed by atoms with Gasteiger partial charge in [0, 0.05) is 0 Å². The molecule has 112 valence electrons. The Hall–Kier alpha value is -1.03. The molecule has 0 amide bonds. The van der Waals surface area contributed by atoms with Crippen molar-refractivity contribution in [2.45, 2.75) is 39.0 Å². The Morgan fingerprint density at radius 2 is 1.81 bits per heavy atom. The Kier molecular flexibility index (Phi) is 7.07. The summed E-state index contributed by atoms with van der Waals surface area (Å²) in [5, 5.41) is 0. The SMILES string of the molecule is CCCCc1ccccc1Oc1cccc(CCCI)c1. The zero-order valence-corrected chi connectivity index (χ0v) is 14.8. The van der Waals surface area contributed by atoms with E-state index in [2.05, 4.69) is 65.9 Å². The summed E-state index contributed by atoms with van der Waals surface area (Å²) in [6.45, 7) is 2.22. The molecular weight excluding hydrogens is 371 g/mol. The first-order valence-electron chi connectivity index (χ1n) is 7.74. The molecule has 0 saturated heterocycles. The Bertz CT molecular complexity index is 551. The Labute approximate surface area is 141 Å². The molecule has 2 aromatic carbocycles. The quantitative estimate of drug-likeness (QED) is 0.383. The Morgan fingerprint density at radius 3 is 2.62 bits per heavy atom. The highest BCUT2D eigenvalue weighted by atomic mass is 127. The van der Waals surface area contributed by atoms with Gasteiger partial charge in [0.15, 0.2) is 0 Å². The fourth-order valence-electron chi connectivity index (χ4n) is 2.34. The molecule has 0 atom stereocenters. The van der Waals surface area contributed by atoms with Crippen molar-refractivity contribution in [3.8, 4) is 11.5 Å². The van der Waals surface area contributed by atoms with Gasteiger partial charge >= 0.3 is 0 Å². The maximum Gasteiger partial charge on any atom is 0.130 e. The van der Waals surface area contributed by atoms with Gasteiger partial charge in [-0.15, -0.1) is 0 Å². The number of alkyl halides is 1. The van der Waals surface area contributed by atoms with Crippen LogP contribution in [-0.2, 0) is 12.8 Å². The first-order chi connectivity index (χ1) is 10.3. The molecule has 2 rings (SSSR count). The summed E-state index contributed by atoms with van der Waals surface area (Å²) in [5.74, 6) is 1.95. The number of hydrogen-bond donors (Lipinski definition) is 0. The zero-order chi connectivity index (χ0) is 14.9. The summed E-state index contributed by atoms with van der Waals surface area (Å²) in [5.41, 5.74) is 2.66. The van der Waals surface area contributed by atoms with Crippen LogP contribution in [0.4, 0.5) is 0 Å². The third-order valence-corrected chi connectivity index (χ3v) is 4.26. The van der Waals surface area contributed by atoms with Gasteiger partial charge in [-0.1, -0.05) is 66.3 Å². The number of rotatable bonds is 8. The molecule has 0 fully saturated rings. The van der Waals surface area contributed by atoms with Crippen LogP contribution in [0.2, 0.25) is 0 Å².